The second-order valence-electron chi connectivity index (χ2n) is 8.20. The molecule has 8 heteroatoms. The SMILES string of the molecule is CCOCC(=O)N[C@]1(C)CC2(CCN(Cc3cc(CC)no3)CC2)OC[C@H]1O. The molecule has 2 atom stereocenters. The predicted octanol–water partition coefficient (Wildman–Crippen LogP) is 1.26. The van der Waals surface area contributed by atoms with Gasteiger partial charge in [-0.05, 0) is 33.1 Å². The maximum Gasteiger partial charge on any atom is 0.246 e. The Morgan fingerprint density at radius 3 is 2.82 bits per heavy atom. The van der Waals surface area contributed by atoms with E-state index in [2.05, 4.69) is 22.3 Å². The lowest BCUT2D eigenvalue weighted by Crippen LogP contribution is -2.66. The van der Waals surface area contributed by atoms with Crippen molar-refractivity contribution in [3.63, 3.8) is 0 Å². The van der Waals surface area contributed by atoms with Gasteiger partial charge in [0, 0.05) is 32.2 Å². The average molecular weight is 396 g/mol. The van der Waals surface area contributed by atoms with Crippen molar-refractivity contribution in [2.45, 2.75) is 70.2 Å². The number of ether oxygens (including phenoxy) is 2. The second-order valence-corrected chi connectivity index (χ2v) is 8.20. The summed E-state index contributed by atoms with van der Waals surface area (Å²) in [4.78, 5) is 14.5. The van der Waals surface area contributed by atoms with Gasteiger partial charge in [0.2, 0.25) is 5.91 Å². The van der Waals surface area contributed by atoms with Crippen molar-refractivity contribution < 1.29 is 23.9 Å². The van der Waals surface area contributed by atoms with Crippen LogP contribution in [-0.2, 0) is 27.2 Å². The van der Waals surface area contributed by atoms with Crippen LogP contribution in [0.15, 0.2) is 10.6 Å². The van der Waals surface area contributed by atoms with Crippen LogP contribution in [0.1, 0.15) is 51.5 Å². The molecule has 0 unspecified atom stereocenters. The Morgan fingerprint density at radius 2 is 2.18 bits per heavy atom. The molecule has 2 aliphatic heterocycles. The van der Waals surface area contributed by atoms with Gasteiger partial charge < -0.3 is 24.4 Å². The van der Waals surface area contributed by atoms with Crippen molar-refractivity contribution in [2.75, 3.05) is 32.9 Å². The number of hydrogen-bond donors (Lipinski definition) is 2. The summed E-state index contributed by atoms with van der Waals surface area (Å²) in [5.41, 5.74) is -0.0544. The monoisotopic (exact) mass is 395 g/mol. The third kappa shape index (κ3) is 4.92. The third-order valence-electron chi connectivity index (χ3n) is 5.95. The maximum atomic E-state index is 12.2. The number of carbonyl (C=O) groups is 1. The van der Waals surface area contributed by atoms with Crippen molar-refractivity contribution >= 4 is 5.91 Å². The highest BCUT2D eigenvalue weighted by atomic mass is 16.5. The van der Waals surface area contributed by atoms with Crippen LogP contribution < -0.4 is 5.32 Å². The molecule has 2 N–H and O–H groups in total. The van der Waals surface area contributed by atoms with E-state index in [0.29, 0.717) is 13.0 Å². The highest BCUT2D eigenvalue weighted by molar-refractivity contribution is 5.78. The Morgan fingerprint density at radius 1 is 1.43 bits per heavy atom. The molecule has 28 heavy (non-hydrogen) atoms. The summed E-state index contributed by atoms with van der Waals surface area (Å²) in [5, 5.41) is 17.5. The Labute approximate surface area is 166 Å². The van der Waals surface area contributed by atoms with Crippen molar-refractivity contribution in [3.8, 4) is 0 Å². The van der Waals surface area contributed by atoms with E-state index in [1.165, 1.54) is 0 Å². The number of aliphatic hydroxyl groups excluding tert-OH is 1. The molecule has 2 aliphatic rings. The van der Waals surface area contributed by atoms with Gasteiger partial charge in [0.15, 0.2) is 5.76 Å². The number of likely N-dealkylation sites (tertiary alicyclic amines) is 1. The molecule has 2 fully saturated rings. The minimum Gasteiger partial charge on any atom is -0.388 e. The molecule has 3 rings (SSSR count). The number of amides is 1. The molecule has 0 aliphatic carbocycles. The van der Waals surface area contributed by atoms with Gasteiger partial charge in [-0.15, -0.1) is 0 Å². The van der Waals surface area contributed by atoms with Crippen LogP contribution in [0, 0.1) is 0 Å². The van der Waals surface area contributed by atoms with Crippen LogP contribution in [0.4, 0.5) is 0 Å². The molecular formula is C20H33N3O5. The number of aryl methyl sites for hydroxylation is 1. The highest BCUT2D eigenvalue weighted by Gasteiger charge is 2.50. The molecule has 1 aromatic rings. The number of nitrogens with zero attached hydrogens (tertiary/aromatic N) is 2. The second kappa shape index (κ2) is 8.90. The first kappa shape index (κ1) is 21.2. The van der Waals surface area contributed by atoms with E-state index in [1.54, 1.807) is 0 Å². The van der Waals surface area contributed by atoms with E-state index in [0.717, 1.165) is 50.4 Å². The van der Waals surface area contributed by atoms with Crippen LogP contribution in [0.25, 0.3) is 0 Å². The number of piperidine rings is 1. The van der Waals surface area contributed by atoms with Crippen molar-refractivity contribution in [2.24, 2.45) is 0 Å². The van der Waals surface area contributed by atoms with Crippen LogP contribution in [-0.4, -0.2) is 71.2 Å². The van der Waals surface area contributed by atoms with Gasteiger partial charge in [-0.3, -0.25) is 9.69 Å². The Hall–Kier alpha value is -1.48. The Balaban J connectivity index is 1.56. The molecule has 2 saturated heterocycles. The fourth-order valence-corrected chi connectivity index (χ4v) is 4.21. The zero-order valence-electron chi connectivity index (χ0n) is 17.2. The smallest absolute Gasteiger partial charge is 0.246 e. The van der Waals surface area contributed by atoms with Crippen molar-refractivity contribution in [3.05, 3.63) is 17.5 Å². The van der Waals surface area contributed by atoms with Crippen molar-refractivity contribution in [1.82, 2.24) is 15.4 Å². The van der Waals surface area contributed by atoms with Gasteiger partial charge in [-0.2, -0.15) is 0 Å². The van der Waals surface area contributed by atoms with Crippen LogP contribution >= 0.6 is 0 Å². The van der Waals surface area contributed by atoms with Gasteiger partial charge in [0.25, 0.3) is 0 Å². The summed E-state index contributed by atoms with van der Waals surface area (Å²) in [6.45, 7) is 9.04. The number of hydrogen-bond acceptors (Lipinski definition) is 7. The summed E-state index contributed by atoms with van der Waals surface area (Å²) in [6.07, 6.45) is 2.44. The zero-order valence-corrected chi connectivity index (χ0v) is 17.2. The quantitative estimate of drug-likeness (QED) is 0.717. The number of aliphatic hydroxyl groups is 1. The Kier molecular flexibility index (Phi) is 6.75. The minimum absolute atomic E-state index is 0.0113. The number of aromatic nitrogens is 1. The minimum atomic E-state index is -0.733. The van der Waals surface area contributed by atoms with E-state index in [4.69, 9.17) is 14.0 Å². The first-order valence-corrected chi connectivity index (χ1v) is 10.3. The standard InChI is InChI=1S/C20H33N3O5/c1-4-15-10-16(28-22-15)11-23-8-6-20(7-9-23)14-19(3,17(24)12-27-20)21-18(25)13-26-5-2/h10,17,24H,4-9,11-14H2,1-3H3,(H,21,25)/t17-,19-/m1/s1. The van der Waals surface area contributed by atoms with Gasteiger partial charge in [0.05, 0.1) is 30.0 Å². The summed E-state index contributed by atoms with van der Waals surface area (Å²) < 4.78 is 16.7. The molecule has 0 bridgehead atoms. The molecule has 0 radical (unpaired) electrons. The van der Waals surface area contributed by atoms with E-state index >= 15 is 0 Å². The fraction of sp³-hybridized carbons (Fsp3) is 0.800. The molecule has 0 aromatic carbocycles. The van der Waals surface area contributed by atoms with Gasteiger partial charge >= 0.3 is 0 Å². The lowest BCUT2D eigenvalue weighted by molar-refractivity contribution is -0.182. The van der Waals surface area contributed by atoms with E-state index in [9.17, 15) is 9.90 Å². The molecule has 1 amide bonds. The largest absolute Gasteiger partial charge is 0.388 e. The molecule has 0 saturated carbocycles. The van der Waals surface area contributed by atoms with E-state index < -0.39 is 11.6 Å². The lowest BCUT2D eigenvalue weighted by atomic mass is 9.74. The zero-order chi connectivity index (χ0) is 20.2. The highest BCUT2D eigenvalue weighted by Crippen LogP contribution is 2.40. The van der Waals surface area contributed by atoms with Gasteiger partial charge in [-0.25, -0.2) is 0 Å². The van der Waals surface area contributed by atoms with E-state index in [1.807, 2.05) is 19.9 Å². The number of rotatable bonds is 7. The summed E-state index contributed by atoms with van der Waals surface area (Å²) in [5.74, 6) is 0.691. The molecule has 1 spiro atoms. The van der Waals surface area contributed by atoms with Crippen LogP contribution in [0.2, 0.25) is 0 Å². The van der Waals surface area contributed by atoms with Crippen LogP contribution in [0.3, 0.4) is 0 Å². The fourth-order valence-electron chi connectivity index (χ4n) is 4.21. The summed E-state index contributed by atoms with van der Waals surface area (Å²) >= 11 is 0. The van der Waals surface area contributed by atoms with Crippen molar-refractivity contribution in [1.29, 1.82) is 0 Å². The van der Waals surface area contributed by atoms with Gasteiger partial charge in [-0.1, -0.05) is 12.1 Å². The lowest BCUT2D eigenvalue weighted by Gasteiger charge is -2.52. The van der Waals surface area contributed by atoms with Gasteiger partial charge in [0.1, 0.15) is 12.7 Å². The average Bonchev–Trinajstić information content (AvgIpc) is 3.13. The third-order valence-corrected chi connectivity index (χ3v) is 5.95. The topological polar surface area (TPSA) is 97.1 Å². The maximum absolute atomic E-state index is 12.2. The molecule has 158 valence electrons. The number of nitrogens with one attached hydrogen (secondary N) is 1. The normalized spacial score (nSPS) is 27.8. The molecule has 3 heterocycles. The van der Waals surface area contributed by atoms with Crippen LogP contribution in [0.5, 0.6) is 0 Å². The molecular weight excluding hydrogens is 362 g/mol. The predicted molar refractivity (Wildman–Crippen MR) is 103 cm³/mol. The first-order valence-electron chi connectivity index (χ1n) is 10.3. The number of carbonyl (C=O) groups excluding carboxylic acids is 1. The molecule has 8 nitrogen and oxygen atoms in total. The summed E-state index contributed by atoms with van der Waals surface area (Å²) in [6, 6.07) is 2.02. The molecule has 1 aromatic heterocycles. The first-order chi connectivity index (χ1) is 13.4. The van der Waals surface area contributed by atoms with E-state index in [-0.39, 0.29) is 24.7 Å². The summed E-state index contributed by atoms with van der Waals surface area (Å²) in [7, 11) is 0. The Bertz CT molecular complexity index is 656.